The largest absolute Gasteiger partial charge is 0.481 e. The molecule has 0 unspecified atom stereocenters. The molecular formula is C19H20N2O4. The van der Waals surface area contributed by atoms with Crippen LogP contribution in [0.25, 0.3) is 0 Å². The molecule has 2 aromatic carbocycles. The number of carbonyl (C=O) groups is 3. The van der Waals surface area contributed by atoms with Crippen LogP contribution >= 0.6 is 0 Å². The van der Waals surface area contributed by atoms with Gasteiger partial charge < -0.3 is 16.2 Å². The SMILES string of the molecule is CC(C(=O)N[C@@H](CC(=O)O)C(N)=O)(c1ccccc1)c1ccccc1. The molecule has 0 spiro atoms. The number of primary amides is 1. The van der Waals surface area contributed by atoms with Crippen LogP contribution in [0.15, 0.2) is 60.7 Å². The van der Waals surface area contributed by atoms with Crippen LogP contribution < -0.4 is 11.1 Å². The third-order valence-corrected chi connectivity index (χ3v) is 4.18. The zero-order valence-corrected chi connectivity index (χ0v) is 13.8. The van der Waals surface area contributed by atoms with Crippen LogP contribution in [0.3, 0.4) is 0 Å². The topological polar surface area (TPSA) is 109 Å². The number of nitrogens with two attached hydrogens (primary N) is 1. The van der Waals surface area contributed by atoms with Crippen molar-refractivity contribution in [2.24, 2.45) is 5.73 Å². The standard InChI is InChI=1S/C19H20N2O4/c1-19(13-8-4-2-5-9-13,14-10-6-3-7-11-14)18(25)21-15(17(20)24)12-16(22)23/h2-11,15H,12H2,1H3,(H2,20,24)(H,21,25)(H,22,23)/t15-/m0/s1. The van der Waals surface area contributed by atoms with E-state index in [2.05, 4.69) is 5.32 Å². The summed E-state index contributed by atoms with van der Waals surface area (Å²) >= 11 is 0. The lowest BCUT2D eigenvalue weighted by atomic mass is 9.75. The summed E-state index contributed by atoms with van der Waals surface area (Å²) in [6, 6.07) is 16.9. The Labute approximate surface area is 145 Å². The van der Waals surface area contributed by atoms with E-state index in [-0.39, 0.29) is 0 Å². The van der Waals surface area contributed by atoms with Gasteiger partial charge in [-0.25, -0.2) is 0 Å². The summed E-state index contributed by atoms with van der Waals surface area (Å²) in [4.78, 5) is 35.5. The molecule has 0 saturated heterocycles. The van der Waals surface area contributed by atoms with Gasteiger partial charge in [-0.1, -0.05) is 60.7 Å². The van der Waals surface area contributed by atoms with Crippen molar-refractivity contribution in [2.45, 2.75) is 24.8 Å². The monoisotopic (exact) mass is 340 g/mol. The van der Waals surface area contributed by atoms with E-state index in [4.69, 9.17) is 10.8 Å². The van der Waals surface area contributed by atoms with Crippen molar-refractivity contribution >= 4 is 17.8 Å². The number of rotatable bonds is 7. The molecule has 0 radical (unpaired) electrons. The van der Waals surface area contributed by atoms with E-state index in [1.165, 1.54) is 0 Å². The van der Waals surface area contributed by atoms with E-state index < -0.39 is 35.7 Å². The van der Waals surface area contributed by atoms with Gasteiger partial charge in [0.25, 0.3) is 0 Å². The van der Waals surface area contributed by atoms with E-state index in [1.54, 1.807) is 6.92 Å². The molecule has 6 nitrogen and oxygen atoms in total. The number of nitrogens with one attached hydrogen (secondary N) is 1. The van der Waals surface area contributed by atoms with E-state index >= 15 is 0 Å². The van der Waals surface area contributed by atoms with Gasteiger partial charge in [0.1, 0.15) is 6.04 Å². The maximum Gasteiger partial charge on any atom is 0.305 e. The maximum absolute atomic E-state index is 13.1. The Hall–Kier alpha value is -3.15. The number of aliphatic carboxylic acids is 1. The molecule has 0 fully saturated rings. The maximum atomic E-state index is 13.1. The summed E-state index contributed by atoms with van der Waals surface area (Å²) in [7, 11) is 0. The number of carbonyl (C=O) groups excluding carboxylic acids is 2. The zero-order chi connectivity index (χ0) is 18.4. The molecule has 25 heavy (non-hydrogen) atoms. The lowest BCUT2D eigenvalue weighted by Crippen LogP contribution is -2.52. The number of amides is 2. The highest BCUT2D eigenvalue weighted by atomic mass is 16.4. The first-order chi connectivity index (χ1) is 11.9. The van der Waals surface area contributed by atoms with Crippen molar-refractivity contribution < 1.29 is 19.5 Å². The Morgan fingerprint density at radius 2 is 1.44 bits per heavy atom. The highest BCUT2D eigenvalue weighted by molar-refractivity contribution is 5.96. The van der Waals surface area contributed by atoms with Gasteiger partial charge in [-0.05, 0) is 18.1 Å². The summed E-state index contributed by atoms with van der Waals surface area (Å²) in [6.45, 7) is 1.73. The van der Waals surface area contributed by atoms with Crippen molar-refractivity contribution in [3.63, 3.8) is 0 Å². The zero-order valence-electron chi connectivity index (χ0n) is 13.8. The lowest BCUT2D eigenvalue weighted by Gasteiger charge is -2.31. The van der Waals surface area contributed by atoms with Gasteiger partial charge in [0, 0.05) is 0 Å². The lowest BCUT2D eigenvalue weighted by molar-refractivity contribution is -0.140. The number of benzene rings is 2. The van der Waals surface area contributed by atoms with Crippen LogP contribution in [0.5, 0.6) is 0 Å². The second kappa shape index (κ2) is 7.61. The van der Waals surface area contributed by atoms with Crippen LogP contribution in [0.2, 0.25) is 0 Å². The second-order valence-corrected chi connectivity index (χ2v) is 5.88. The minimum absolute atomic E-state index is 0.491. The highest BCUT2D eigenvalue weighted by Crippen LogP contribution is 2.32. The minimum atomic E-state index is -1.28. The number of hydrogen-bond donors (Lipinski definition) is 3. The van der Waals surface area contributed by atoms with Gasteiger partial charge in [-0.3, -0.25) is 14.4 Å². The van der Waals surface area contributed by atoms with Crippen molar-refractivity contribution in [3.05, 3.63) is 71.8 Å². The van der Waals surface area contributed by atoms with Gasteiger partial charge in [-0.2, -0.15) is 0 Å². The Balaban J connectivity index is 2.44. The molecule has 1 atom stereocenters. The number of carboxylic acid groups (broad SMARTS) is 1. The fourth-order valence-corrected chi connectivity index (χ4v) is 2.67. The smallest absolute Gasteiger partial charge is 0.305 e. The van der Waals surface area contributed by atoms with Gasteiger partial charge in [0.2, 0.25) is 11.8 Å². The number of carboxylic acids is 1. The molecule has 6 heteroatoms. The van der Waals surface area contributed by atoms with Gasteiger partial charge in [0.05, 0.1) is 11.8 Å². The highest BCUT2D eigenvalue weighted by Gasteiger charge is 2.38. The predicted octanol–water partition coefficient (Wildman–Crippen LogP) is 1.44. The third-order valence-electron chi connectivity index (χ3n) is 4.18. The summed E-state index contributed by atoms with van der Waals surface area (Å²) in [5, 5.41) is 11.4. The molecule has 2 aromatic rings. The molecule has 0 aliphatic heterocycles. The van der Waals surface area contributed by atoms with Gasteiger partial charge in [0.15, 0.2) is 0 Å². The molecule has 130 valence electrons. The second-order valence-electron chi connectivity index (χ2n) is 5.88. The van der Waals surface area contributed by atoms with Crippen LogP contribution in [0, 0.1) is 0 Å². The van der Waals surface area contributed by atoms with E-state index in [9.17, 15) is 14.4 Å². The molecule has 2 rings (SSSR count). The molecule has 0 aromatic heterocycles. The minimum Gasteiger partial charge on any atom is -0.481 e. The number of hydrogen-bond acceptors (Lipinski definition) is 3. The summed E-state index contributed by atoms with van der Waals surface area (Å²) in [5.74, 6) is -2.60. The molecule has 4 N–H and O–H groups in total. The van der Waals surface area contributed by atoms with E-state index in [0.717, 1.165) is 11.1 Å². The fraction of sp³-hybridized carbons (Fsp3) is 0.211. The van der Waals surface area contributed by atoms with Crippen molar-refractivity contribution in [2.75, 3.05) is 0 Å². The van der Waals surface area contributed by atoms with E-state index in [1.807, 2.05) is 60.7 Å². The summed E-state index contributed by atoms with van der Waals surface area (Å²) in [6.07, 6.45) is -0.569. The third kappa shape index (κ3) is 4.03. The first kappa shape index (κ1) is 18.2. The quantitative estimate of drug-likeness (QED) is 0.708. The molecular weight excluding hydrogens is 320 g/mol. The molecule has 0 aliphatic carbocycles. The average molecular weight is 340 g/mol. The predicted molar refractivity (Wildman–Crippen MR) is 92.7 cm³/mol. The Bertz CT molecular complexity index is 720. The molecule has 0 aliphatic rings. The van der Waals surface area contributed by atoms with Gasteiger partial charge in [-0.15, -0.1) is 0 Å². The Morgan fingerprint density at radius 3 is 1.80 bits per heavy atom. The average Bonchev–Trinajstić information content (AvgIpc) is 2.61. The van der Waals surface area contributed by atoms with Crippen molar-refractivity contribution in [1.29, 1.82) is 0 Å². The Kier molecular flexibility index (Phi) is 5.54. The first-order valence-corrected chi connectivity index (χ1v) is 7.79. The van der Waals surface area contributed by atoms with Crippen LogP contribution in [-0.4, -0.2) is 28.9 Å². The normalized spacial score (nSPS) is 12.2. The fourth-order valence-electron chi connectivity index (χ4n) is 2.67. The van der Waals surface area contributed by atoms with E-state index in [0.29, 0.717) is 0 Å². The molecule has 0 saturated carbocycles. The summed E-state index contributed by atoms with van der Waals surface area (Å²) in [5.41, 5.74) is 5.57. The van der Waals surface area contributed by atoms with Crippen molar-refractivity contribution in [3.8, 4) is 0 Å². The summed E-state index contributed by atoms with van der Waals surface area (Å²) < 4.78 is 0. The van der Waals surface area contributed by atoms with Crippen molar-refractivity contribution in [1.82, 2.24) is 5.32 Å². The first-order valence-electron chi connectivity index (χ1n) is 7.79. The van der Waals surface area contributed by atoms with Crippen LogP contribution in [0.4, 0.5) is 0 Å². The molecule has 2 amide bonds. The Morgan fingerprint density at radius 1 is 1.00 bits per heavy atom. The molecule has 0 heterocycles. The van der Waals surface area contributed by atoms with Crippen LogP contribution in [-0.2, 0) is 19.8 Å². The van der Waals surface area contributed by atoms with Crippen LogP contribution in [0.1, 0.15) is 24.5 Å². The van der Waals surface area contributed by atoms with Gasteiger partial charge >= 0.3 is 5.97 Å². The molecule has 0 bridgehead atoms.